The van der Waals surface area contributed by atoms with E-state index >= 15 is 0 Å². The molecule has 0 saturated heterocycles. The van der Waals surface area contributed by atoms with Gasteiger partial charge in [-0.15, -0.1) is 0 Å². The number of unbranched alkanes of at least 4 members (excludes halogenated alkanes) is 2. The normalized spacial score (nSPS) is 11.9. The summed E-state index contributed by atoms with van der Waals surface area (Å²) in [5.41, 5.74) is 1.41. The topological polar surface area (TPSA) is 54.0 Å². The van der Waals surface area contributed by atoms with Crippen LogP contribution >= 0.6 is 0 Å². The van der Waals surface area contributed by atoms with Gasteiger partial charge in [-0.2, -0.15) is 0 Å². The number of pyridine rings is 1. The van der Waals surface area contributed by atoms with Gasteiger partial charge in [-0.1, -0.05) is 26.2 Å². The lowest BCUT2D eigenvalue weighted by atomic mass is 10.1. The van der Waals surface area contributed by atoms with E-state index in [4.69, 9.17) is 0 Å². The smallest absolute Gasteiger partial charge is 0.255 e. The molecule has 1 rings (SSSR count). The molecule has 1 heterocycles. The number of hydrogen-bond acceptors (Lipinski definition) is 3. The summed E-state index contributed by atoms with van der Waals surface area (Å²) in [6.45, 7) is 4.22. The molecule has 0 fully saturated rings. The largest absolute Gasteiger partial charge is 0.387 e. The number of nitrogens with one attached hydrogen (secondary N) is 2. The highest BCUT2D eigenvalue weighted by molar-refractivity contribution is 5.99. The number of anilines is 1. The van der Waals surface area contributed by atoms with Crippen LogP contribution in [0.2, 0.25) is 0 Å². The third kappa shape index (κ3) is 4.35. The first-order valence-corrected chi connectivity index (χ1v) is 6.61. The van der Waals surface area contributed by atoms with Gasteiger partial charge in [-0.05, 0) is 19.4 Å². The lowest BCUT2D eigenvalue weighted by Gasteiger charge is -2.15. The van der Waals surface area contributed by atoms with Gasteiger partial charge >= 0.3 is 0 Å². The van der Waals surface area contributed by atoms with Crippen molar-refractivity contribution in [2.45, 2.75) is 45.6 Å². The SMILES string of the molecule is CCCCCC(C)NC(=O)c1cnccc1NC. The predicted molar refractivity (Wildman–Crippen MR) is 74.9 cm³/mol. The van der Waals surface area contributed by atoms with Crippen molar-refractivity contribution in [2.75, 3.05) is 12.4 Å². The van der Waals surface area contributed by atoms with Crippen LogP contribution in [0.1, 0.15) is 49.9 Å². The molecule has 0 bridgehead atoms. The van der Waals surface area contributed by atoms with Crippen molar-refractivity contribution >= 4 is 11.6 Å². The Balaban J connectivity index is 2.54. The molecule has 0 spiro atoms. The minimum atomic E-state index is -0.0588. The summed E-state index contributed by atoms with van der Waals surface area (Å²) in [5, 5.41) is 6.01. The minimum Gasteiger partial charge on any atom is -0.387 e. The monoisotopic (exact) mass is 249 g/mol. The average molecular weight is 249 g/mol. The Bertz CT molecular complexity index is 379. The quantitative estimate of drug-likeness (QED) is 0.731. The van der Waals surface area contributed by atoms with E-state index in [1.165, 1.54) is 12.8 Å². The number of nitrogens with zero attached hydrogens (tertiary/aromatic N) is 1. The number of carbonyl (C=O) groups is 1. The molecular formula is C14H23N3O. The van der Waals surface area contributed by atoms with Gasteiger partial charge in [0.25, 0.3) is 5.91 Å². The molecule has 1 atom stereocenters. The summed E-state index contributed by atoms with van der Waals surface area (Å²) in [7, 11) is 1.80. The molecule has 0 aliphatic carbocycles. The van der Waals surface area contributed by atoms with Crippen LogP contribution in [0.4, 0.5) is 5.69 Å². The maximum atomic E-state index is 12.1. The molecule has 1 amide bonds. The molecule has 0 aliphatic heterocycles. The molecule has 100 valence electrons. The van der Waals surface area contributed by atoms with Crippen LogP contribution in [0.25, 0.3) is 0 Å². The molecule has 0 saturated carbocycles. The van der Waals surface area contributed by atoms with E-state index in [0.717, 1.165) is 18.5 Å². The highest BCUT2D eigenvalue weighted by Crippen LogP contribution is 2.13. The first-order chi connectivity index (χ1) is 8.69. The van der Waals surface area contributed by atoms with E-state index in [1.54, 1.807) is 25.5 Å². The second-order valence-electron chi connectivity index (χ2n) is 4.54. The van der Waals surface area contributed by atoms with Crippen molar-refractivity contribution in [3.05, 3.63) is 24.0 Å². The second-order valence-corrected chi connectivity index (χ2v) is 4.54. The summed E-state index contributed by atoms with van der Waals surface area (Å²) in [6, 6.07) is 2.00. The summed E-state index contributed by atoms with van der Waals surface area (Å²) >= 11 is 0. The molecule has 0 aliphatic rings. The van der Waals surface area contributed by atoms with Gasteiger partial charge in [-0.25, -0.2) is 0 Å². The van der Waals surface area contributed by atoms with Gasteiger partial charge in [-0.3, -0.25) is 9.78 Å². The molecule has 0 aromatic carbocycles. The number of rotatable bonds is 7. The van der Waals surface area contributed by atoms with Gasteiger partial charge in [0.2, 0.25) is 0 Å². The first kappa shape index (κ1) is 14.5. The predicted octanol–water partition coefficient (Wildman–Crippen LogP) is 2.82. The molecule has 18 heavy (non-hydrogen) atoms. The number of aromatic nitrogens is 1. The molecule has 2 N–H and O–H groups in total. The Kier molecular flexibility index (Phi) is 6.19. The van der Waals surface area contributed by atoms with Gasteiger partial charge < -0.3 is 10.6 Å². The van der Waals surface area contributed by atoms with Crippen molar-refractivity contribution < 1.29 is 4.79 Å². The van der Waals surface area contributed by atoms with Crippen molar-refractivity contribution in [3.63, 3.8) is 0 Å². The lowest BCUT2D eigenvalue weighted by Crippen LogP contribution is -2.33. The van der Waals surface area contributed by atoms with Gasteiger partial charge in [0.15, 0.2) is 0 Å². The van der Waals surface area contributed by atoms with E-state index < -0.39 is 0 Å². The zero-order valence-electron chi connectivity index (χ0n) is 11.5. The Hall–Kier alpha value is -1.58. The number of hydrogen-bond donors (Lipinski definition) is 2. The lowest BCUT2D eigenvalue weighted by molar-refractivity contribution is 0.0938. The summed E-state index contributed by atoms with van der Waals surface area (Å²) in [5.74, 6) is -0.0588. The Morgan fingerprint density at radius 2 is 2.22 bits per heavy atom. The standard InChI is InChI=1S/C14H23N3O/c1-4-5-6-7-11(2)17-14(18)12-10-16-9-8-13(12)15-3/h8-11H,4-7H2,1-3H3,(H,15,16)(H,17,18). The van der Waals surface area contributed by atoms with Crippen molar-refractivity contribution in [2.24, 2.45) is 0 Å². The molecule has 0 radical (unpaired) electrons. The Morgan fingerprint density at radius 1 is 1.44 bits per heavy atom. The molecule has 1 aromatic heterocycles. The third-order valence-corrected chi connectivity index (χ3v) is 2.95. The van der Waals surface area contributed by atoms with Crippen LogP contribution in [0, 0.1) is 0 Å². The molecule has 4 heteroatoms. The van der Waals surface area contributed by atoms with E-state index in [0.29, 0.717) is 5.56 Å². The van der Waals surface area contributed by atoms with E-state index in [9.17, 15) is 4.79 Å². The fourth-order valence-corrected chi connectivity index (χ4v) is 1.87. The summed E-state index contributed by atoms with van der Waals surface area (Å²) in [4.78, 5) is 16.1. The fraction of sp³-hybridized carbons (Fsp3) is 0.571. The molecular weight excluding hydrogens is 226 g/mol. The highest BCUT2D eigenvalue weighted by atomic mass is 16.1. The second kappa shape index (κ2) is 7.69. The first-order valence-electron chi connectivity index (χ1n) is 6.61. The molecule has 1 aromatic rings. The number of carbonyl (C=O) groups excluding carboxylic acids is 1. The maximum absolute atomic E-state index is 12.1. The van der Waals surface area contributed by atoms with Gasteiger partial charge in [0.1, 0.15) is 0 Å². The third-order valence-electron chi connectivity index (χ3n) is 2.95. The minimum absolute atomic E-state index is 0.0588. The van der Waals surface area contributed by atoms with Crippen LogP contribution in [-0.4, -0.2) is 24.0 Å². The fourth-order valence-electron chi connectivity index (χ4n) is 1.87. The van der Waals surface area contributed by atoms with Crippen LogP contribution in [0.3, 0.4) is 0 Å². The number of amides is 1. The van der Waals surface area contributed by atoms with Crippen molar-refractivity contribution in [1.29, 1.82) is 0 Å². The van der Waals surface area contributed by atoms with Crippen LogP contribution in [0.5, 0.6) is 0 Å². The van der Waals surface area contributed by atoms with Gasteiger partial charge in [0, 0.05) is 31.2 Å². The Labute approximate surface area is 109 Å². The summed E-state index contributed by atoms with van der Waals surface area (Å²) < 4.78 is 0. The molecule has 1 unspecified atom stereocenters. The van der Waals surface area contributed by atoms with Crippen LogP contribution < -0.4 is 10.6 Å². The summed E-state index contributed by atoms with van der Waals surface area (Å²) in [6.07, 6.45) is 7.87. The molecule has 4 nitrogen and oxygen atoms in total. The highest BCUT2D eigenvalue weighted by Gasteiger charge is 2.13. The van der Waals surface area contributed by atoms with E-state index in [-0.39, 0.29) is 11.9 Å². The van der Waals surface area contributed by atoms with Crippen LogP contribution in [-0.2, 0) is 0 Å². The van der Waals surface area contributed by atoms with E-state index in [1.807, 2.05) is 6.92 Å². The van der Waals surface area contributed by atoms with Crippen molar-refractivity contribution in [3.8, 4) is 0 Å². The Morgan fingerprint density at radius 3 is 2.89 bits per heavy atom. The average Bonchev–Trinajstić information content (AvgIpc) is 2.39. The zero-order valence-corrected chi connectivity index (χ0v) is 11.5. The zero-order chi connectivity index (χ0) is 13.4. The van der Waals surface area contributed by atoms with Crippen molar-refractivity contribution in [1.82, 2.24) is 10.3 Å². The maximum Gasteiger partial charge on any atom is 0.255 e. The van der Waals surface area contributed by atoms with Gasteiger partial charge in [0.05, 0.1) is 5.56 Å². The van der Waals surface area contributed by atoms with Crippen LogP contribution in [0.15, 0.2) is 18.5 Å². The van der Waals surface area contributed by atoms with E-state index in [2.05, 4.69) is 22.5 Å².